The van der Waals surface area contributed by atoms with Crippen molar-refractivity contribution >= 4 is 40.5 Å². The van der Waals surface area contributed by atoms with Crippen LogP contribution in [0.3, 0.4) is 0 Å². The predicted molar refractivity (Wildman–Crippen MR) is 98.1 cm³/mol. The van der Waals surface area contributed by atoms with Crippen molar-refractivity contribution in [1.82, 2.24) is 19.9 Å². The summed E-state index contributed by atoms with van der Waals surface area (Å²) in [6.45, 7) is 4.89. The highest BCUT2D eigenvalue weighted by atomic mass is 16.5. The van der Waals surface area contributed by atoms with Crippen LogP contribution in [-0.4, -0.2) is 59.7 Å². The van der Waals surface area contributed by atoms with Crippen molar-refractivity contribution in [2.75, 3.05) is 55.1 Å². The molecule has 0 spiro atoms. The topological polar surface area (TPSA) is 126 Å². The van der Waals surface area contributed by atoms with Crippen LogP contribution in [0.1, 0.15) is 20.3 Å². The highest BCUT2D eigenvalue weighted by Gasteiger charge is 2.15. The molecule has 0 radical (unpaired) electrons. The number of fused-ring (bicyclic) bond motifs is 1. The molecule has 0 aromatic carbocycles. The Balaban J connectivity index is 2.39. The molecule has 0 bridgehead atoms. The predicted octanol–water partition coefficient (Wildman–Crippen LogP) is 1.30. The number of carbonyl (C=O) groups excluding carboxylic acids is 1. The summed E-state index contributed by atoms with van der Waals surface area (Å²) in [5.74, 6) is 1.53. The molecule has 0 atom stereocenters. The van der Waals surface area contributed by atoms with Crippen LogP contribution in [0.2, 0.25) is 0 Å². The number of nitrogens with zero attached hydrogens (tertiary/aromatic N) is 4. The van der Waals surface area contributed by atoms with Crippen LogP contribution in [-0.2, 0) is 9.53 Å². The minimum Gasteiger partial charge on any atom is -0.465 e. The summed E-state index contributed by atoms with van der Waals surface area (Å²) in [5.41, 5.74) is 1.14. The van der Waals surface area contributed by atoms with Gasteiger partial charge >= 0.3 is 5.97 Å². The minimum absolute atomic E-state index is 0.0195. The van der Waals surface area contributed by atoms with Gasteiger partial charge in [-0.05, 0) is 13.3 Å². The van der Waals surface area contributed by atoms with Gasteiger partial charge in [0, 0.05) is 20.6 Å². The van der Waals surface area contributed by atoms with Gasteiger partial charge in [0.1, 0.15) is 17.6 Å². The third kappa shape index (κ3) is 4.55. The number of ether oxygens (including phenoxy) is 1. The molecule has 0 amide bonds. The molecule has 25 heavy (non-hydrogen) atoms. The Hall–Kier alpha value is -2.91. The first kappa shape index (κ1) is 18.4. The molecule has 2 aromatic rings. The quantitative estimate of drug-likeness (QED) is 0.492. The fourth-order valence-electron chi connectivity index (χ4n) is 2.12. The lowest BCUT2D eigenvalue weighted by molar-refractivity contribution is -0.140. The van der Waals surface area contributed by atoms with Gasteiger partial charge in [-0.1, -0.05) is 6.92 Å². The zero-order valence-corrected chi connectivity index (χ0v) is 14.9. The van der Waals surface area contributed by atoms with E-state index in [0.717, 1.165) is 13.0 Å². The van der Waals surface area contributed by atoms with Crippen LogP contribution < -0.4 is 21.3 Å². The van der Waals surface area contributed by atoms with Gasteiger partial charge in [0.05, 0.1) is 6.61 Å². The van der Waals surface area contributed by atoms with E-state index in [1.807, 2.05) is 0 Å². The number of esters is 1. The Morgan fingerprint density at radius 1 is 0.920 bits per heavy atom. The van der Waals surface area contributed by atoms with E-state index < -0.39 is 0 Å². The minimum atomic E-state index is -0.374. The van der Waals surface area contributed by atoms with Gasteiger partial charge in [-0.2, -0.15) is 9.97 Å². The molecule has 0 unspecified atom stereocenters. The Bertz CT molecular complexity index is 737. The summed E-state index contributed by atoms with van der Waals surface area (Å²) in [5, 5.41) is 12.0. The van der Waals surface area contributed by atoms with E-state index in [4.69, 9.17) is 4.74 Å². The van der Waals surface area contributed by atoms with Crippen molar-refractivity contribution in [3.8, 4) is 0 Å². The van der Waals surface area contributed by atoms with Crippen molar-refractivity contribution in [3.63, 3.8) is 0 Å². The van der Waals surface area contributed by atoms with Crippen LogP contribution in [0.15, 0.2) is 0 Å². The number of aromatic nitrogens is 4. The number of carbonyl (C=O) groups is 1. The Morgan fingerprint density at radius 3 is 1.96 bits per heavy atom. The van der Waals surface area contributed by atoms with Crippen molar-refractivity contribution < 1.29 is 9.53 Å². The van der Waals surface area contributed by atoms with Gasteiger partial charge in [-0.3, -0.25) is 4.79 Å². The summed E-state index contributed by atoms with van der Waals surface area (Å²) in [7, 11) is 3.51. The number of rotatable bonds is 9. The normalized spacial score (nSPS) is 10.4. The first-order valence-corrected chi connectivity index (χ1v) is 8.21. The molecule has 136 valence electrons. The molecule has 2 aromatic heterocycles. The fourth-order valence-corrected chi connectivity index (χ4v) is 2.12. The van der Waals surface area contributed by atoms with Gasteiger partial charge < -0.3 is 26.0 Å². The van der Waals surface area contributed by atoms with Gasteiger partial charge in [-0.25, -0.2) is 9.97 Å². The average Bonchev–Trinajstić information content (AvgIpc) is 2.63. The van der Waals surface area contributed by atoms with E-state index in [1.165, 1.54) is 0 Å². The van der Waals surface area contributed by atoms with Crippen LogP contribution in [0, 0.1) is 0 Å². The molecule has 0 saturated heterocycles. The van der Waals surface area contributed by atoms with E-state index in [-0.39, 0.29) is 12.5 Å². The maximum atomic E-state index is 11.5. The lowest BCUT2D eigenvalue weighted by Crippen LogP contribution is -2.18. The van der Waals surface area contributed by atoms with Crippen LogP contribution in [0.4, 0.5) is 23.5 Å². The molecular formula is C15H24N8O2. The molecule has 10 nitrogen and oxygen atoms in total. The molecule has 0 saturated carbocycles. The standard InChI is InChI=1S/C15H24N8O2/c1-5-7-18-14-20-10-11(12(16-3)22-14)21-15(23-13(10)17-4)19-8-9(24)25-6-2/h5-8H2,1-4H3,(H2,16,18,20,22)(H2,17,19,21,23). The number of nitrogens with one attached hydrogen (secondary N) is 4. The summed E-state index contributed by atoms with van der Waals surface area (Å²) in [6.07, 6.45) is 0.961. The van der Waals surface area contributed by atoms with E-state index in [1.54, 1.807) is 21.0 Å². The largest absolute Gasteiger partial charge is 0.465 e. The molecule has 2 heterocycles. The highest BCUT2D eigenvalue weighted by molar-refractivity contribution is 5.94. The second kappa shape index (κ2) is 8.81. The Labute approximate surface area is 146 Å². The smallest absolute Gasteiger partial charge is 0.325 e. The third-order valence-corrected chi connectivity index (χ3v) is 3.25. The lowest BCUT2D eigenvalue weighted by atomic mass is 10.3. The van der Waals surface area contributed by atoms with Gasteiger partial charge in [-0.15, -0.1) is 0 Å². The molecule has 2 rings (SSSR count). The first-order chi connectivity index (χ1) is 12.1. The van der Waals surface area contributed by atoms with E-state index in [0.29, 0.717) is 41.2 Å². The Morgan fingerprint density at radius 2 is 1.48 bits per heavy atom. The van der Waals surface area contributed by atoms with Crippen LogP contribution >= 0.6 is 0 Å². The van der Waals surface area contributed by atoms with Crippen LogP contribution in [0.25, 0.3) is 11.0 Å². The second-order valence-electron chi connectivity index (χ2n) is 5.07. The summed E-state index contributed by atoms with van der Waals surface area (Å²) in [6, 6.07) is 0. The van der Waals surface area contributed by atoms with Gasteiger partial charge in [0.15, 0.2) is 11.6 Å². The highest BCUT2D eigenvalue weighted by Crippen LogP contribution is 2.26. The summed E-state index contributed by atoms with van der Waals surface area (Å²) in [4.78, 5) is 29.2. The third-order valence-electron chi connectivity index (χ3n) is 3.25. The monoisotopic (exact) mass is 348 g/mol. The van der Waals surface area contributed by atoms with Crippen molar-refractivity contribution in [2.24, 2.45) is 0 Å². The van der Waals surface area contributed by atoms with E-state index >= 15 is 0 Å². The molecule has 0 aliphatic rings. The number of hydrogen-bond donors (Lipinski definition) is 4. The van der Waals surface area contributed by atoms with Crippen molar-refractivity contribution in [3.05, 3.63) is 0 Å². The van der Waals surface area contributed by atoms with Crippen molar-refractivity contribution in [1.29, 1.82) is 0 Å². The Kier molecular flexibility index (Phi) is 6.49. The molecule has 10 heteroatoms. The lowest BCUT2D eigenvalue weighted by Gasteiger charge is -2.13. The number of anilines is 4. The van der Waals surface area contributed by atoms with Crippen LogP contribution in [0.5, 0.6) is 0 Å². The molecule has 4 N–H and O–H groups in total. The van der Waals surface area contributed by atoms with E-state index in [2.05, 4.69) is 48.1 Å². The van der Waals surface area contributed by atoms with E-state index in [9.17, 15) is 4.79 Å². The molecule has 0 aliphatic carbocycles. The van der Waals surface area contributed by atoms with Gasteiger partial charge in [0.25, 0.3) is 0 Å². The zero-order valence-electron chi connectivity index (χ0n) is 14.9. The molecule has 0 fully saturated rings. The molecule has 0 aliphatic heterocycles. The number of hydrogen-bond acceptors (Lipinski definition) is 10. The molecular weight excluding hydrogens is 324 g/mol. The SMILES string of the molecule is CCCNc1nc(NC)c2nc(NCC(=O)OCC)nc(NC)c2n1. The fraction of sp³-hybridized carbons (Fsp3) is 0.533. The zero-order chi connectivity index (χ0) is 18.2. The first-order valence-electron chi connectivity index (χ1n) is 8.21. The average molecular weight is 348 g/mol. The van der Waals surface area contributed by atoms with Crippen molar-refractivity contribution in [2.45, 2.75) is 20.3 Å². The second-order valence-corrected chi connectivity index (χ2v) is 5.07. The summed E-state index contributed by atoms with van der Waals surface area (Å²) < 4.78 is 4.89. The van der Waals surface area contributed by atoms with Gasteiger partial charge in [0.2, 0.25) is 11.9 Å². The summed E-state index contributed by atoms with van der Waals surface area (Å²) >= 11 is 0. The maximum absolute atomic E-state index is 11.5. The maximum Gasteiger partial charge on any atom is 0.325 e.